The van der Waals surface area contributed by atoms with Crippen LogP contribution in [0.2, 0.25) is 0 Å². The Morgan fingerprint density at radius 3 is 2.90 bits per heavy atom. The van der Waals surface area contributed by atoms with E-state index in [0.29, 0.717) is 5.92 Å². The second-order valence-electron chi connectivity index (χ2n) is 5.39. The number of hydrogen-bond acceptors (Lipinski definition) is 4. The van der Waals surface area contributed by atoms with E-state index >= 15 is 0 Å². The molecular weight excluding hydrogens is 266 g/mol. The van der Waals surface area contributed by atoms with E-state index in [2.05, 4.69) is 21.2 Å². The molecule has 0 aliphatic carbocycles. The summed E-state index contributed by atoms with van der Waals surface area (Å²) in [5.41, 5.74) is 2.40. The lowest BCUT2D eigenvalue weighted by atomic mass is 9.97. The number of likely N-dealkylation sites (tertiary alicyclic amines) is 1. The minimum Gasteiger partial charge on any atom is -0.493 e. The molecule has 1 atom stereocenters. The van der Waals surface area contributed by atoms with Gasteiger partial charge in [-0.05, 0) is 25.1 Å². The van der Waals surface area contributed by atoms with Gasteiger partial charge in [0.05, 0.1) is 14.2 Å². The molecular formula is C16H21N3O2. The van der Waals surface area contributed by atoms with E-state index in [9.17, 15) is 0 Å². The molecule has 0 bridgehead atoms. The zero-order valence-corrected chi connectivity index (χ0v) is 12.5. The van der Waals surface area contributed by atoms with Crippen molar-refractivity contribution >= 4 is 0 Å². The van der Waals surface area contributed by atoms with Crippen molar-refractivity contribution in [3.63, 3.8) is 0 Å². The highest BCUT2D eigenvalue weighted by Gasteiger charge is 2.27. The lowest BCUT2D eigenvalue weighted by Gasteiger charge is -2.18. The summed E-state index contributed by atoms with van der Waals surface area (Å²) in [6.45, 7) is 3.04. The van der Waals surface area contributed by atoms with Crippen LogP contribution in [-0.4, -0.2) is 42.4 Å². The number of rotatable bonds is 5. The van der Waals surface area contributed by atoms with Crippen LogP contribution in [0.25, 0.3) is 0 Å². The lowest BCUT2D eigenvalue weighted by Crippen LogP contribution is -2.20. The Bertz CT molecular complexity index is 583. The summed E-state index contributed by atoms with van der Waals surface area (Å²) in [7, 11) is 3.39. The highest BCUT2D eigenvalue weighted by molar-refractivity contribution is 5.48. The summed E-state index contributed by atoms with van der Waals surface area (Å²) in [6.07, 6.45) is 2.94. The second-order valence-corrected chi connectivity index (χ2v) is 5.39. The Kier molecular flexibility index (Phi) is 4.10. The van der Waals surface area contributed by atoms with Gasteiger partial charge in [0.1, 0.15) is 0 Å². The largest absolute Gasteiger partial charge is 0.493 e. The summed E-state index contributed by atoms with van der Waals surface area (Å²) in [5, 5.41) is 7.03. The molecule has 1 aliphatic heterocycles. The maximum Gasteiger partial charge on any atom is 0.164 e. The molecule has 0 saturated carbocycles. The summed E-state index contributed by atoms with van der Waals surface area (Å²) >= 11 is 0. The number of ether oxygens (including phenoxy) is 2. The van der Waals surface area contributed by atoms with Gasteiger partial charge < -0.3 is 9.47 Å². The molecule has 112 valence electrons. The van der Waals surface area contributed by atoms with Gasteiger partial charge >= 0.3 is 0 Å². The number of benzene rings is 1. The molecule has 2 heterocycles. The Morgan fingerprint density at radius 1 is 1.29 bits per heavy atom. The Balaban J connectivity index is 1.74. The Morgan fingerprint density at radius 2 is 2.19 bits per heavy atom. The van der Waals surface area contributed by atoms with E-state index in [1.165, 1.54) is 5.56 Å². The summed E-state index contributed by atoms with van der Waals surface area (Å²) < 4.78 is 11.0. The van der Waals surface area contributed by atoms with Gasteiger partial charge in [-0.1, -0.05) is 12.1 Å². The van der Waals surface area contributed by atoms with E-state index < -0.39 is 0 Å². The number of nitrogens with one attached hydrogen (secondary N) is 1. The van der Waals surface area contributed by atoms with E-state index in [1.54, 1.807) is 20.4 Å². The van der Waals surface area contributed by atoms with Gasteiger partial charge in [0.2, 0.25) is 0 Å². The maximum absolute atomic E-state index is 5.56. The SMILES string of the molecule is COc1cccc([C@@H]2CCN(Cc3ccn[nH]3)C2)c1OC. The van der Waals surface area contributed by atoms with Gasteiger partial charge in [-0.2, -0.15) is 5.10 Å². The molecule has 5 heteroatoms. The molecule has 0 unspecified atom stereocenters. The molecule has 21 heavy (non-hydrogen) atoms. The van der Waals surface area contributed by atoms with Crippen LogP contribution in [0.5, 0.6) is 11.5 Å². The van der Waals surface area contributed by atoms with Crippen molar-refractivity contribution in [2.45, 2.75) is 18.9 Å². The molecule has 5 nitrogen and oxygen atoms in total. The number of H-pyrrole nitrogens is 1. The fourth-order valence-corrected chi connectivity index (χ4v) is 3.08. The monoisotopic (exact) mass is 287 g/mol. The van der Waals surface area contributed by atoms with Crippen LogP contribution in [0.4, 0.5) is 0 Å². The quantitative estimate of drug-likeness (QED) is 0.917. The first-order valence-corrected chi connectivity index (χ1v) is 7.23. The molecule has 1 fully saturated rings. The molecule has 0 radical (unpaired) electrons. The van der Waals surface area contributed by atoms with Crippen molar-refractivity contribution < 1.29 is 9.47 Å². The second kappa shape index (κ2) is 6.18. The van der Waals surface area contributed by atoms with Gasteiger partial charge in [-0.3, -0.25) is 10.00 Å². The maximum atomic E-state index is 5.56. The molecule has 1 aromatic heterocycles. The minimum atomic E-state index is 0.484. The fraction of sp³-hybridized carbons (Fsp3) is 0.438. The number of nitrogens with zero attached hydrogens (tertiary/aromatic N) is 2. The molecule has 1 N–H and O–H groups in total. The Hall–Kier alpha value is -2.01. The van der Waals surface area contributed by atoms with Crippen LogP contribution in [0, 0.1) is 0 Å². The molecule has 1 aromatic carbocycles. The van der Waals surface area contributed by atoms with Crippen molar-refractivity contribution in [3.05, 3.63) is 41.7 Å². The van der Waals surface area contributed by atoms with E-state index in [0.717, 1.165) is 43.2 Å². The molecule has 3 rings (SSSR count). The van der Waals surface area contributed by atoms with E-state index in [4.69, 9.17) is 9.47 Å². The zero-order chi connectivity index (χ0) is 14.7. The third-order valence-electron chi connectivity index (χ3n) is 4.10. The molecule has 0 spiro atoms. The van der Waals surface area contributed by atoms with Gasteiger partial charge in [-0.15, -0.1) is 0 Å². The smallest absolute Gasteiger partial charge is 0.164 e. The van der Waals surface area contributed by atoms with Crippen molar-refractivity contribution in [3.8, 4) is 11.5 Å². The summed E-state index contributed by atoms with van der Waals surface area (Å²) in [4.78, 5) is 2.44. The summed E-state index contributed by atoms with van der Waals surface area (Å²) in [5.74, 6) is 2.16. The van der Waals surface area contributed by atoms with Gasteiger partial charge in [0.25, 0.3) is 0 Å². The van der Waals surface area contributed by atoms with Crippen LogP contribution in [0.1, 0.15) is 23.6 Å². The number of methoxy groups -OCH3 is 2. The van der Waals surface area contributed by atoms with Crippen LogP contribution >= 0.6 is 0 Å². The molecule has 0 amide bonds. The van der Waals surface area contributed by atoms with Crippen molar-refractivity contribution in [2.24, 2.45) is 0 Å². The van der Waals surface area contributed by atoms with Crippen LogP contribution in [0.3, 0.4) is 0 Å². The van der Waals surface area contributed by atoms with Crippen LogP contribution in [-0.2, 0) is 6.54 Å². The number of para-hydroxylation sites is 1. The summed E-state index contributed by atoms with van der Waals surface area (Å²) in [6, 6.07) is 8.15. The zero-order valence-electron chi connectivity index (χ0n) is 12.5. The first-order valence-electron chi connectivity index (χ1n) is 7.23. The average molecular weight is 287 g/mol. The normalized spacial score (nSPS) is 18.9. The number of hydrogen-bond donors (Lipinski definition) is 1. The van der Waals surface area contributed by atoms with E-state index in [-0.39, 0.29) is 0 Å². The highest BCUT2D eigenvalue weighted by atomic mass is 16.5. The standard InChI is InChI=1S/C16H21N3O2/c1-20-15-5-3-4-14(16(15)21-2)12-7-9-19(10-12)11-13-6-8-17-18-13/h3-6,8,12H,7,9-11H2,1-2H3,(H,17,18)/t12-/m1/s1. The average Bonchev–Trinajstić information content (AvgIpc) is 3.18. The van der Waals surface area contributed by atoms with Crippen molar-refractivity contribution in [1.82, 2.24) is 15.1 Å². The predicted molar refractivity (Wildman–Crippen MR) is 80.8 cm³/mol. The van der Waals surface area contributed by atoms with E-state index in [1.807, 2.05) is 18.2 Å². The van der Waals surface area contributed by atoms with Crippen LogP contribution < -0.4 is 9.47 Å². The molecule has 2 aromatic rings. The highest BCUT2D eigenvalue weighted by Crippen LogP contribution is 2.39. The third-order valence-corrected chi connectivity index (χ3v) is 4.10. The van der Waals surface area contributed by atoms with Crippen molar-refractivity contribution in [2.75, 3.05) is 27.3 Å². The van der Waals surface area contributed by atoms with Crippen molar-refractivity contribution in [1.29, 1.82) is 0 Å². The topological polar surface area (TPSA) is 50.4 Å². The fourth-order valence-electron chi connectivity index (χ4n) is 3.08. The third kappa shape index (κ3) is 2.88. The first kappa shape index (κ1) is 13.9. The van der Waals surface area contributed by atoms with Gasteiger partial charge in [0.15, 0.2) is 11.5 Å². The minimum absolute atomic E-state index is 0.484. The van der Waals surface area contributed by atoms with Gasteiger partial charge in [0, 0.05) is 36.5 Å². The number of aromatic nitrogens is 2. The Labute approximate surface area is 124 Å². The molecule has 1 saturated heterocycles. The number of aromatic amines is 1. The van der Waals surface area contributed by atoms with Gasteiger partial charge in [-0.25, -0.2) is 0 Å². The first-order chi connectivity index (χ1) is 10.3. The van der Waals surface area contributed by atoms with Crippen LogP contribution in [0.15, 0.2) is 30.5 Å². The lowest BCUT2D eigenvalue weighted by molar-refractivity contribution is 0.319. The molecule has 1 aliphatic rings. The predicted octanol–water partition coefficient (Wildman–Crippen LogP) is 2.42.